The van der Waals surface area contributed by atoms with Gasteiger partial charge < -0.3 is 5.32 Å². The van der Waals surface area contributed by atoms with Crippen LogP contribution in [0.4, 0.5) is 0 Å². The summed E-state index contributed by atoms with van der Waals surface area (Å²) in [5.74, 6) is 1.94. The highest BCUT2D eigenvalue weighted by Crippen LogP contribution is 2.25. The van der Waals surface area contributed by atoms with Crippen LogP contribution in [0.25, 0.3) is 0 Å². The molecule has 1 heterocycles. The van der Waals surface area contributed by atoms with Crippen molar-refractivity contribution in [1.82, 2.24) is 5.32 Å². The highest BCUT2D eigenvalue weighted by Gasteiger charge is 2.13. The summed E-state index contributed by atoms with van der Waals surface area (Å²) in [6.07, 6.45) is 3.39. The van der Waals surface area contributed by atoms with Gasteiger partial charge in [0.25, 0.3) is 0 Å². The normalized spacial score (nSPS) is 13.3. The Bertz CT molecular complexity index is 244. The first-order chi connectivity index (χ1) is 7.24. The number of rotatable bonds is 7. The zero-order valence-corrected chi connectivity index (χ0v) is 11.5. The Hall–Kier alpha value is 0.01000. The fraction of sp³-hybridized carbons (Fsp3) is 0.667. The third-order valence-electron chi connectivity index (χ3n) is 2.29. The van der Waals surface area contributed by atoms with Gasteiger partial charge in [0.05, 0.1) is 0 Å². The molecule has 1 nitrogen and oxygen atoms in total. The van der Waals surface area contributed by atoms with Crippen LogP contribution in [0.1, 0.15) is 31.2 Å². The minimum absolute atomic E-state index is 0.553. The van der Waals surface area contributed by atoms with Crippen LogP contribution in [0.2, 0.25) is 0 Å². The van der Waals surface area contributed by atoms with Crippen molar-refractivity contribution in [2.45, 2.75) is 26.3 Å². The lowest BCUT2D eigenvalue weighted by molar-refractivity contribution is 0.445. The van der Waals surface area contributed by atoms with Crippen molar-refractivity contribution in [3.63, 3.8) is 0 Å². The SMILES string of the molecule is CSCCNC(CC(C)C)c1cccs1. The largest absolute Gasteiger partial charge is 0.308 e. The lowest BCUT2D eigenvalue weighted by atomic mass is 10.0. The van der Waals surface area contributed by atoms with E-state index in [2.05, 4.69) is 42.9 Å². The van der Waals surface area contributed by atoms with E-state index < -0.39 is 0 Å². The molecule has 0 radical (unpaired) electrons. The lowest BCUT2D eigenvalue weighted by Gasteiger charge is -2.19. The number of hydrogen-bond donors (Lipinski definition) is 1. The molecule has 0 spiro atoms. The smallest absolute Gasteiger partial charge is 0.0417 e. The highest BCUT2D eigenvalue weighted by molar-refractivity contribution is 7.98. The predicted molar refractivity (Wildman–Crippen MR) is 72.9 cm³/mol. The Balaban J connectivity index is 2.46. The topological polar surface area (TPSA) is 12.0 Å². The molecular weight excluding hydrogens is 222 g/mol. The van der Waals surface area contributed by atoms with Gasteiger partial charge in [0.1, 0.15) is 0 Å². The quantitative estimate of drug-likeness (QED) is 0.731. The van der Waals surface area contributed by atoms with Gasteiger partial charge in [-0.1, -0.05) is 19.9 Å². The molecule has 1 unspecified atom stereocenters. The summed E-state index contributed by atoms with van der Waals surface area (Å²) in [7, 11) is 0. The van der Waals surface area contributed by atoms with Crippen LogP contribution in [0.15, 0.2) is 17.5 Å². The zero-order valence-electron chi connectivity index (χ0n) is 9.82. The molecule has 1 atom stereocenters. The number of thioether (sulfide) groups is 1. The second-order valence-corrected chi connectivity index (χ2v) is 6.11. The van der Waals surface area contributed by atoms with Gasteiger partial charge in [0.2, 0.25) is 0 Å². The average Bonchev–Trinajstić information content (AvgIpc) is 2.68. The van der Waals surface area contributed by atoms with Gasteiger partial charge in [-0.25, -0.2) is 0 Å². The molecule has 0 fully saturated rings. The molecule has 1 aromatic heterocycles. The van der Waals surface area contributed by atoms with Crippen LogP contribution < -0.4 is 5.32 Å². The van der Waals surface area contributed by atoms with Crippen molar-refractivity contribution < 1.29 is 0 Å². The van der Waals surface area contributed by atoms with Crippen molar-refractivity contribution >= 4 is 23.1 Å². The lowest BCUT2D eigenvalue weighted by Crippen LogP contribution is -2.24. The van der Waals surface area contributed by atoms with Crippen molar-refractivity contribution in [3.05, 3.63) is 22.4 Å². The third kappa shape index (κ3) is 5.05. The highest BCUT2D eigenvalue weighted by atomic mass is 32.2. The number of thiophene rings is 1. The van der Waals surface area contributed by atoms with Crippen LogP contribution in [-0.2, 0) is 0 Å². The number of hydrogen-bond acceptors (Lipinski definition) is 3. The Morgan fingerprint density at radius 2 is 2.27 bits per heavy atom. The molecule has 3 heteroatoms. The molecule has 15 heavy (non-hydrogen) atoms. The zero-order chi connectivity index (χ0) is 11.1. The summed E-state index contributed by atoms with van der Waals surface area (Å²) in [6, 6.07) is 4.94. The van der Waals surface area contributed by atoms with Crippen LogP contribution >= 0.6 is 23.1 Å². The standard InChI is InChI=1S/C12H21NS2/c1-10(2)9-11(13-6-8-14-3)12-5-4-7-15-12/h4-5,7,10-11,13H,6,8-9H2,1-3H3. The summed E-state index contributed by atoms with van der Waals surface area (Å²) in [5.41, 5.74) is 0. The van der Waals surface area contributed by atoms with Crippen molar-refractivity contribution in [2.75, 3.05) is 18.6 Å². The molecule has 0 saturated carbocycles. The summed E-state index contributed by atoms with van der Waals surface area (Å²) in [6.45, 7) is 5.68. The van der Waals surface area contributed by atoms with Crippen LogP contribution in [0, 0.1) is 5.92 Å². The molecular formula is C12H21NS2. The molecule has 86 valence electrons. The fourth-order valence-electron chi connectivity index (χ4n) is 1.60. The molecule has 1 aromatic rings. The van der Waals surface area contributed by atoms with E-state index in [-0.39, 0.29) is 0 Å². The summed E-state index contributed by atoms with van der Waals surface area (Å²) in [4.78, 5) is 1.48. The van der Waals surface area contributed by atoms with E-state index in [0.717, 1.165) is 12.5 Å². The molecule has 0 aliphatic carbocycles. The molecule has 0 aliphatic rings. The molecule has 0 aromatic carbocycles. The monoisotopic (exact) mass is 243 g/mol. The maximum atomic E-state index is 3.64. The molecule has 0 bridgehead atoms. The van der Waals surface area contributed by atoms with Gasteiger partial charge in [-0.3, -0.25) is 0 Å². The van der Waals surface area contributed by atoms with E-state index >= 15 is 0 Å². The van der Waals surface area contributed by atoms with Gasteiger partial charge >= 0.3 is 0 Å². The van der Waals surface area contributed by atoms with Gasteiger partial charge in [-0.2, -0.15) is 11.8 Å². The second kappa shape index (κ2) is 7.31. The fourth-order valence-corrected chi connectivity index (χ4v) is 2.73. The summed E-state index contributed by atoms with van der Waals surface area (Å²) >= 11 is 3.76. The van der Waals surface area contributed by atoms with Crippen LogP contribution in [-0.4, -0.2) is 18.6 Å². The minimum atomic E-state index is 0.553. The van der Waals surface area contributed by atoms with Crippen molar-refractivity contribution in [3.8, 4) is 0 Å². The first kappa shape index (κ1) is 13.1. The first-order valence-corrected chi connectivity index (χ1v) is 7.77. The maximum absolute atomic E-state index is 3.64. The average molecular weight is 243 g/mol. The molecule has 0 saturated heterocycles. The van der Waals surface area contributed by atoms with Crippen LogP contribution in [0.3, 0.4) is 0 Å². The first-order valence-electron chi connectivity index (χ1n) is 5.49. The van der Waals surface area contributed by atoms with E-state index in [9.17, 15) is 0 Å². The minimum Gasteiger partial charge on any atom is -0.308 e. The molecule has 1 rings (SSSR count). The maximum Gasteiger partial charge on any atom is 0.0417 e. The Morgan fingerprint density at radius 1 is 1.47 bits per heavy atom. The predicted octanol–water partition coefficient (Wildman–Crippen LogP) is 3.79. The van der Waals surface area contributed by atoms with Gasteiger partial charge in [-0.05, 0) is 30.0 Å². The molecule has 0 amide bonds. The summed E-state index contributed by atoms with van der Waals surface area (Å²) in [5, 5.41) is 5.81. The van der Waals surface area contributed by atoms with E-state index in [0.29, 0.717) is 6.04 Å². The van der Waals surface area contributed by atoms with Gasteiger partial charge in [0, 0.05) is 23.2 Å². The van der Waals surface area contributed by atoms with Crippen molar-refractivity contribution in [1.29, 1.82) is 0 Å². The van der Waals surface area contributed by atoms with E-state index in [1.54, 1.807) is 0 Å². The van der Waals surface area contributed by atoms with Gasteiger partial charge in [-0.15, -0.1) is 11.3 Å². The van der Waals surface area contributed by atoms with E-state index in [1.807, 2.05) is 23.1 Å². The van der Waals surface area contributed by atoms with Crippen LogP contribution in [0.5, 0.6) is 0 Å². The Labute approximate surface area is 102 Å². The Kier molecular flexibility index (Phi) is 6.37. The van der Waals surface area contributed by atoms with Crippen molar-refractivity contribution in [2.24, 2.45) is 5.92 Å². The Morgan fingerprint density at radius 3 is 2.80 bits per heavy atom. The molecule has 0 aliphatic heterocycles. The summed E-state index contributed by atoms with van der Waals surface area (Å²) < 4.78 is 0. The van der Waals surface area contributed by atoms with Gasteiger partial charge in [0.15, 0.2) is 0 Å². The van der Waals surface area contributed by atoms with E-state index in [4.69, 9.17) is 0 Å². The van der Waals surface area contributed by atoms with E-state index in [1.165, 1.54) is 17.1 Å². The third-order valence-corrected chi connectivity index (χ3v) is 3.89. The molecule has 1 N–H and O–H groups in total. The number of nitrogens with one attached hydrogen (secondary N) is 1. The second-order valence-electron chi connectivity index (χ2n) is 4.14.